The zero-order chi connectivity index (χ0) is 14.2. The van der Waals surface area contributed by atoms with Crippen LogP contribution in [0, 0.1) is 11.6 Å². The van der Waals surface area contributed by atoms with Crippen LogP contribution in [0.1, 0.15) is 33.1 Å². The molecule has 0 radical (unpaired) electrons. The largest absolute Gasteiger partial charge is 0.249 e. The molecule has 3 nitrogen and oxygen atoms in total. The third kappa shape index (κ3) is 2.51. The second-order valence-corrected chi connectivity index (χ2v) is 6.79. The Morgan fingerprint density at radius 1 is 1.11 bits per heavy atom. The maximum Gasteiger partial charge on any atom is 0.249 e. The Morgan fingerprint density at radius 3 is 2.05 bits per heavy atom. The van der Waals surface area contributed by atoms with E-state index < -0.39 is 26.6 Å². The van der Waals surface area contributed by atoms with E-state index in [1.165, 1.54) is 4.31 Å². The third-order valence-electron chi connectivity index (χ3n) is 3.57. The number of hydrogen-bond acceptors (Lipinski definition) is 2. The van der Waals surface area contributed by atoms with Gasteiger partial charge >= 0.3 is 0 Å². The Hall–Kier alpha value is -1.01. The van der Waals surface area contributed by atoms with Crippen LogP contribution in [-0.4, -0.2) is 24.8 Å². The Morgan fingerprint density at radius 2 is 1.58 bits per heavy atom. The monoisotopic (exact) mass is 289 g/mol. The van der Waals surface area contributed by atoms with Crippen molar-refractivity contribution in [1.82, 2.24) is 4.31 Å². The van der Waals surface area contributed by atoms with Crippen molar-refractivity contribution < 1.29 is 17.2 Å². The summed E-state index contributed by atoms with van der Waals surface area (Å²) in [7, 11) is -4.14. The molecule has 0 saturated carbocycles. The van der Waals surface area contributed by atoms with E-state index in [1.54, 1.807) is 13.8 Å². The van der Waals surface area contributed by atoms with Gasteiger partial charge in [0.15, 0.2) is 4.90 Å². The second kappa shape index (κ2) is 5.17. The van der Waals surface area contributed by atoms with Crippen LogP contribution in [0.2, 0.25) is 0 Å². The van der Waals surface area contributed by atoms with Crippen molar-refractivity contribution in [1.29, 1.82) is 0 Å². The van der Waals surface area contributed by atoms with Gasteiger partial charge in [-0.15, -0.1) is 0 Å². The molecule has 1 aliphatic heterocycles. The summed E-state index contributed by atoms with van der Waals surface area (Å²) in [6, 6.07) is 2.61. The van der Waals surface area contributed by atoms with E-state index >= 15 is 0 Å². The van der Waals surface area contributed by atoms with Crippen LogP contribution in [-0.2, 0) is 10.0 Å². The molecule has 0 aliphatic carbocycles. The lowest BCUT2D eigenvalue weighted by Gasteiger charge is -2.37. The van der Waals surface area contributed by atoms with Gasteiger partial charge in [0, 0.05) is 12.1 Å². The van der Waals surface area contributed by atoms with Gasteiger partial charge in [0.1, 0.15) is 11.6 Å². The molecular weight excluding hydrogens is 272 g/mol. The highest BCUT2D eigenvalue weighted by Crippen LogP contribution is 2.31. The SMILES string of the molecule is C[C@@H]1CCC[C@H](C)N1S(=O)(=O)c1c(F)cccc1F. The summed E-state index contributed by atoms with van der Waals surface area (Å²) < 4.78 is 53.6. The predicted molar refractivity (Wildman–Crippen MR) is 68.2 cm³/mol. The second-order valence-electron chi connectivity index (χ2n) is 5.01. The molecule has 1 saturated heterocycles. The van der Waals surface area contributed by atoms with Crippen LogP contribution in [0.3, 0.4) is 0 Å². The number of benzene rings is 1. The van der Waals surface area contributed by atoms with Crippen LogP contribution in [0.5, 0.6) is 0 Å². The van der Waals surface area contributed by atoms with Gasteiger partial charge in [0.25, 0.3) is 0 Å². The zero-order valence-electron chi connectivity index (χ0n) is 10.9. The molecule has 2 atom stereocenters. The van der Waals surface area contributed by atoms with Gasteiger partial charge in [-0.2, -0.15) is 4.31 Å². The smallest absolute Gasteiger partial charge is 0.207 e. The highest BCUT2D eigenvalue weighted by atomic mass is 32.2. The summed E-state index contributed by atoms with van der Waals surface area (Å²) in [6.07, 6.45) is 2.34. The number of hydrogen-bond donors (Lipinski definition) is 0. The number of piperidine rings is 1. The molecule has 0 bridgehead atoms. The number of halogens is 2. The lowest BCUT2D eigenvalue weighted by Crippen LogP contribution is -2.47. The Bertz CT molecular complexity index is 544. The molecule has 6 heteroatoms. The van der Waals surface area contributed by atoms with E-state index in [4.69, 9.17) is 0 Å². The Balaban J connectivity index is 2.53. The third-order valence-corrected chi connectivity index (χ3v) is 5.75. The average molecular weight is 289 g/mol. The van der Waals surface area contributed by atoms with E-state index in [2.05, 4.69) is 0 Å². The first-order chi connectivity index (χ1) is 8.85. The Kier molecular flexibility index (Phi) is 3.92. The van der Waals surface area contributed by atoms with Crippen molar-refractivity contribution in [2.24, 2.45) is 0 Å². The highest BCUT2D eigenvalue weighted by molar-refractivity contribution is 7.89. The minimum atomic E-state index is -4.14. The number of rotatable bonds is 2. The van der Waals surface area contributed by atoms with Gasteiger partial charge < -0.3 is 0 Å². The van der Waals surface area contributed by atoms with Crippen molar-refractivity contribution in [2.45, 2.75) is 50.1 Å². The molecule has 1 aliphatic rings. The molecule has 0 amide bonds. The molecule has 1 heterocycles. The number of nitrogens with zero attached hydrogens (tertiary/aromatic N) is 1. The quantitative estimate of drug-likeness (QED) is 0.839. The maximum absolute atomic E-state index is 13.7. The van der Waals surface area contributed by atoms with E-state index in [0.29, 0.717) is 12.8 Å². The number of sulfonamides is 1. The van der Waals surface area contributed by atoms with Crippen LogP contribution in [0.15, 0.2) is 23.1 Å². The van der Waals surface area contributed by atoms with E-state index in [1.807, 2.05) is 0 Å². The van der Waals surface area contributed by atoms with Crippen LogP contribution in [0.4, 0.5) is 8.78 Å². The first kappa shape index (κ1) is 14.4. The van der Waals surface area contributed by atoms with Crippen LogP contribution >= 0.6 is 0 Å². The van der Waals surface area contributed by atoms with E-state index in [0.717, 1.165) is 24.6 Å². The zero-order valence-corrected chi connectivity index (χ0v) is 11.8. The predicted octanol–water partition coefficient (Wildman–Crippen LogP) is 2.92. The molecule has 0 spiro atoms. The summed E-state index contributed by atoms with van der Waals surface area (Å²) in [5, 5.41) is 0. The first-order valence-electron chi connectivity index (χ1n) is 6.33. The van der Waals surface area contributed by atoms with Gasteiger partial charge in [-0.1, -0.05) is 12.5 Å². The van der Waals surface area contributed by atoms with Gasteiger partial charge in [0.05, 0.1) is 0 Å². The molecule has 1 aromatic rings. The fourth-order valence-electron chi connectivity index (χ4n) is 2.71. The van der Waals surface area contributed by atoms with Gasteiger partial charge in [-0.25, -0.2) is 17.2 Å². The van der Waals surface area contributed by atoms with E-state index in [-0.39, 0.29) is 12.1 Å². The summed E-state index contributed by atoms with van der Waals surface area (Å²) in [4.78, 5) is -0.837. The van der Waals surface area contributed by atoms with Gasteiger partial charge in [-0.05, 0) is 38.8 Å². The molecule has 1 fully saturated rings. The summed E-state index contributed by atoms with van der Waals surface area (Å²) in [6.45, 7) is 3.54. The normalized spacial score (nSPS) is 25.5. The molecule has 1 aromatic carbocycles. The van der Waals surface area contributed by atoms with Gasteiger partial charge in [0.2, 0.25) is 10.0 Å². The topological polar surface area (TPSA) is 37.4 Å². The molecule has 0 aromatic heterocycles. The van der Waals surface area contributed by atoms with Crippen molar-refractivity contribution in [3.8, 4) is 0 Å². The molecule has 0 unspecified atom stereocenters. The molecule has 19 heavy (non-hydrogen) atoms. The summed E-state index contributed by atoms with van der Waals surface area (Å²) in [5.41, 5.74) is 0. The molecule has 2 rings (SSSR count). The first-order valence-corrected chi connectivity index (χ1v) is 7.77. The fraction of sp³-hybridized carbons (Fsp3) is 0.538. The lowest BCUT2D eigenvalue weighted by atomic mass is 10.0. The molecular formula is C13H17F2NO2S. The van der Waals surface area contributed by atoms with Crippen molar-refractivity contribution in [3.05, 3.63) is 29.8 Å². The summed E-state index contributed by atoms with van der Waals surface area (Å²) >= 11 is 0. The van der Waals surface area contributed by atoms with Crippen LogP contribution in [0.25, 0.3) is 0 Å². The van der Waals surface area contributed by atoms with Gasteiger partial charge in [-0.3, -0.25) is 0 Å². The Labute approximate surface area is 112 Å². The highest BCUT2D eigenvalue weighted by Gasteiger charge is 2.38. The van der Waals surface area contributed by atoms with Crippen LogP contribution < -0.4 is 0 Å². The van der Waals surface area contributed by atoms with Crippen molar-refractivity contribution >= 4 is 10.0 Å². The summed E-state index contributed by atoms with van der Waals surface area (Å²) in [5.74, 6) is -2.07. The minimum Gasteiger partial charge on any atom is -0.207 e. The fourth-order valence-corrected chi connectivity index (χ4v) is 4.70. The van der Waals surface area contributed by atoms with E-state index in [9.17, 15) is 17.2 Å². The lowest BCUT2D eigenvalue weighted by molar-refractivity contribution is 0.203. The minimum absolute atomic E-state index is 0.243. The molecule has 0 N–H and O–H groups in total. The van der Waals surface area contributed by atoms with Crippen molar-refractivity contribution in [3.63, 3.8) is 0 Å². The average Bonchev–Trinajstić information content (AvgIpc) is 2.27. The maximum atomic E-state index is 13.7. The van der Waals surface area contributed by atoms with Crippen molar-refractivity contribution in [2.75, 3.05) is 0 Å². The molecule has 106 valence electrons. The standard InChI is InChI=1S/C13H17F2NO2S/c1-9-5-3-6-10(2)16(9)19(17,18)13-11(14)7-4-8-12(13)15/h4,7-10H,3,5-6H2,1-2H3/t9-,10+.